The van der Waals surface area contributed by atoms with Crippen molar-refractivity contribution in [1.82, 2.24) is 5.32 Å². The summed E-state index contributed by atoms with van der Waals surface area (Å²) < 4.78 is 6.78. The highest BCUT2D eigenvalue weighted by atomic mass is 127. The van der Waals surface area contributed by atoms with Crippen LogP contribution in [0.4, 0.5) is 5.69 Å². The largest absolute Gasteiger partial charge is 0.455 e. The Bertz CT molecular complexity index is 614. The maximum atomic E-state index is 11.6. The van der Waals surface area contributed by atoms with E-state index in [1.807, 2.05) is 24.3 Å². The predicted octanol–water partition coefficient (Wildman–Crippen LogP) is 3.03. The third-order valence-electron chi connectivity index (χ3n) is 2.53. The van der Waals surface area contributed by atoms with Crippen molar-refractivity contribution in [2.45, 2.75) is 0 Å². The molecular weight excluding hydrogens is 355 g/mol. The van der Waals surface area contributed by atoms with E-state index in [0.717, 1.165) is 3.57 Å². The van der Waals surface area contributed by atoms with E-state index in [1.165, 1.54) is 0 Å². The van der Waals surface area contributed by atoms with Gasteiger partial charge in [-0.25, -0.2) is 0 Å². The van der Waals surface area contributed by atoms with Crippen molar-refractivity contribution in [3.63, 3.8) is 0 Å². The fourth-order valence-corrected chi connectivity index (χ4v) is 2.08. The van der Waals surface area contributed by atoms with Gasteiger partial charge in [0.2, 0.25) is 0 Å². The van der Waals surface area contributed by atoms with Crippen molar-refractivity contribution in [2.24, 2.45) is 0 Å². The molecule has 0 saturated carbocycles. The minimum atomic E-state index is -0.174. The number of carbonyl (C=O) groups excluding carboxylic acids is 1. The number of amides is 1. The van der Waals surface area contributed by atoms with Crippen molar-refractivity contribution < 1.29 is 9.53 Å². The first-order valence-corrected chi connectivity index (χ1v) is 6.73. The Morgan fingerprint density at radius 1 is 1.26 bits per heavy atom. The van der Waals surface area contributed by atoms with Gasteiger partial charge in [0, 0.05) is 16.2 Å². The lowest BCUT2D eigenvalue weighted by atomic mass is 10.2. The van der Waals surface area contributed by atoms with Crippen LogP contribution in [0.3, 0.4) is 0 Å². The highest BCUT2D eigenvalue weighted by Gasteiger charge is 2.08. The molecule has 0 saturated heterocycles. The number of carbonyl (C=O) groups is 1. The van der Waals surface area contributed by atoms with Gasteiger partial charge in [-0.2, -0.15) is 0 Å². The van der Waals surface area contributed by atoms with E-state index < -0.39 is 0 Å². The van der Waals surface area contributed by atoms with Crippen molar-refractivity contribution in [1.29, 1.82) is 0 Å². The van der Waals surface area contributed by atoms with Gasteiger partial charge in [-0.3, -0.25) is 4.79 Å². The average Bonchev–Trinajstić information content (AvgIpc) is 2.40. The normalized spacial score (nSPS) is 10.0. The van der Waals surface area contributed by atoms with Crippen LogP contribution in [0.25, 0.3) is 0 Å². The van der Waals surface area contributed by atoms with Crippen molar-refractivity contribution in [3.8, 4) is 11.5 Å². The number of halogens is 1. The van der Waals surface area contributed by atoms with Gasteiger partial charge in [-0.05, 0) is 59.0 Å². The second-order valence-electron chi connectivity index (χ2n) is 3.89. The predicted molar refractivity (Wildman–Crippen MR) is 83.5 cm³/mol. The highest BCUT2D eigenvalue weighted by Crippen LogP contribution is 2.29. The Kier molecular flexibility index (Phi) is 4.26. The number of anilines is 1. The summed E-state index contributed by atoms with van der Waals surface area (Å²) in [4.78, 5) is 11.6. The molecule has 0 aliphatic rings. The Morgan fingerprint density at radius 3 is 2.74 bits per heavy atom. The van der Waals surface area contributed by atoms with Crippen LogP contribution in [0.2, 0.25) is 0 Å². The van der Waals surface area contributed by atoms with Crippen LogP contribution in [0.5, 0.6) is 11.5 Å². The second-order valence-corrected chi connectivity index (χ2v) is 5.14. The summed E-state index contributed by atoms with van der Waals surface area (Å²) in [5, 5.41) is 2.56. The van der Waals surface area contributed by atoms with Gasteiger partial charge >= 0.3 is 0 Å². The molecule has 19 heavy (non-hydrogen) atoms. The smallest absolute Gasteiger partial charge is 0.251 e. The summed E-state index contributed by atoms with van der Waals surface area (Å²) in [7, 11) is 1.58. The topological polar surface area (TPSA) is 64.4 Å². The van der Waals surface area contributed by atoms with Gasteiger partial charge in [-0.1, -0.05) is 6.07 Å². The van der Waals surface area contributed by atoms with Crippen LogP contribution in [0.1, 0.15) is 10.4 Å². The number of ether oxygens (including phenoxy) is 1. The number of nitrogens with two attached hydrogens (primary N) is 1. The molecule has 0 heterocycles. The molecule has 0 aliphatic heterocycles. The molecule has 0 unspecified atom stereocenters. The molecule has 2 aromatic rings. The molecule has 2 rings (SSSR count). The number of hydrogen-bond acceptors (Lipinski definition) is 3. The van der Waals surface area contributed by atoms with Crippen LogP contribution in [-0.4, -0.2) is 13.0 Å². The molecule has 0 radical (unpaired) electrons. The van der Waals surface area contributed by atoms with Crippen molar-refractivity contribution >= 4 is 34.2 Å². The number of nitrogens with one attached hydrogen (secondary N) is 1. The molecule has 0 spiro atoms. The van der Waals surface area contributed by atoms with Crippen molar-refractivity contribution in [3.05, 3.63) is 51.6 Å². The van der Waals surface area contributed by atoms with Gasteiger partial charge in [0.05, 0.1) is 5.69 Å². The SMILES string of the molecule is CNC(=O)c1ccc(N)c(Oc2cccc(I)c2)c1. The third kappa shape index (κ3) is 3.37. The van der Waals surface area contributed by atoms with Gasteiger partial charge in [0.15, 0.2) is 5.75 Å². The summed E-state index contributed by atoms with van der Waals surface area (Å²) in [5.41, 5.74) is 6.86. The minimum Gasteiger partial charge on any atom is -0.455 e. The summed E-state index contributed by atoms with van der Waals surface area (Å²) >= 11 is 2.20. The average molecular weight is 368 g/mol. The Hall–Kier alpha value is -1.76. The van der Waals surface area contributed by atoms with E-state index in [1.54, 1.807) is 25.2 Å². The van der Waals surface area contributed by atoms with Crippen LogP contribution >= 0.6 is 22.6 Å². The Balaban J connectivity index is 2.31. The van der Waals surface area contributed by atoms with Crippen LogP contribution in [0, 0.1) is 3.57 Å². The number of nitrogen functional groups attached to an aromatic ring is 1. The van der Waals surface area contributed by atoms with Crippen LogP contribution in [0.15, 0.2) is 42.5 Å². The zero-order valence-corrected chi connectivity index (χ0v) is 12.5. The molecule has 3 N–H and O–H groups in total. The maximum Gasteiger partial charge on any atom is 0.251 e. The first kappa shape index (κ1) is 13.7. The fraction of sp³-hybridized carbons (Fsp3) is 0.0714. The molecule has 0 aromatic heterocycles. The standard InChI is InChI=1S/C14H13IN2O2/c1-17-14(18)9-5-6-12(16)13(7-9)19-11-4-2-3-10(15)8-11/h2-8H,16H2,1H3,(H,17,18). The van der Waals surface area contributed by atoms with E-state index in [-0.39, 0.29) is 5.91 Å². The lowest BCUT2D eigenvalue weighted by Crippen LogP contribution is -2.17. The zero-order valence-electron chi connectivity index (χ0n) is 10.3. The third-order valence-corrected chi connectivity index (χ3v) is 3.20. The van der Waals surface area contributed by atoms with Crippen LogP contribution < -0.4 is 15.8 Å². The second kappa shape index (κ2) is 5.92. The van der Waals surface area contributed by atoms with Crippen molar-refractivity contribution in [2.75, 3.05) is 12.8 Å². The molecule has 0 aliphatic carbocycles. The van der Waals surface area contributed by atoms with E-state index in [0.29, 0.717) is 22.7 Å². The molecule has 0 bridgehead atoms. The maximum absolute atomic E-state index is 11.6. The Labute approximate surface area is 125 Å². The van der Waals surface area contributed by atoms with E-state index in [4.69, 9.17) is 10.5 Å². The molecule has 1 amide bonds. The molecule has 0 atom stereocenters. The number of hydrogen-bond donors (Lipinski definition) is 2. The molecule has 0 fully saturated rings. The lowest BCUT2D eigenvalue weighted by molar-refractivity contribution is 0.0963. The van der Waals surface area contributed by atoms with Gasteiger partial charge in [0.1, 0.15) is 5.75 Å². The zero-order chi connectivity index (χ0) is 13.8. The first-order valence-electron chi connectivity index (χ1n) is 5.65. The number of rotatable bonds is 3. The molecular formula is C14H13IN2O2. The summed E-state index contributed by atoms with van der Waals surface area (Å²) in [5.74, 6) is 0.989. The summed E-state index contributed by atoms with van der Waals surface area (Å²) in [6.07, 6.45) is 0. The monoisotopic (exact) mass is 368 g/mol. The van der Waals surface area contributed by atoms with Gasteiger partial charge in [-0.15, -0.1) is 0 Å². The minimum absolute atomic E-state index is 0.174. The molecule has 5 heteroatoms. The summed E-state index contributed by atoms with van der Waals surface area (Å²) in [6.45, 7) is 0. The highest BCUT2D eigenvalue weighted by molar-refractivity contribution is 14.1. The molecule has 98 valence electrons. The fourth-order valence-electron chi connectivity index (χ4n) is 1.57. The quantitative estimate of drug-likeness (QED) is 0.647. The molecule has 4 nitrogen and oxygen atoms in total. The van der Waals surface area contributed by atoms with Gasteiger partial charge < -0.3 is 15.8 Å². The van der Waals surface area contributed by atoms with Gasteiger partial charge in [0.25, 0.3) is 5.91 Å². The van der Waals surface area contributed by atoms with E-state index >= 15 is 0 Å². The van der Waals surface area contributed by atoms with E-state index in [9.17, 15) is 4.79 Å². The molecule has 2 aromatic carbocycles. The van der Waals surface area contributed by atoms with Crippen LogP contribution in [-0.2, 0) is 0 Å². The summed E-state index contributed by atoms with van der Waals surface area (Å²) in [6, 6.07) is 12.6. The number of benzene rings is 2. The van der Waals surface area contributed by atoms with E-state index in [2.05, 4.69) is 27.9 Å². The Morgan fingerprint density at radius 2 is 2.05 bits per heavy atom. The lowest BCUT2D eigenvalue weighted by Gasteiger charge is -2.10. The first-order chi connectivity index (χ1) is 9.10.